The number of nitrogens with one attached hydrogen (secondary N) is 2. The first-order valence-corrected chi connectivity index (χ1v) is 4.65. The molecule has 2 heterocycles. The van der Waals surface area contributed by atoms with Crippen molar-refractivity contribution < 1.29 is 9.18 Å². The van der Waals surface area contributed by atoms with Gasteiger partial charge in [0.1, 0.15) is 11.5 Å². The Bertz CT molecular complexity index is 483. The van der Waals surface area contributed by atoms with Gasteiger partial charge in [0.05, 0.1) is 6.54 Å². The zero-order valence-corrected chi connectivity index (χ0v) is 8.27. The Morgan fingerprint density at radius 2 is 2.38 bits per heavy atom. The molecule has 0 spiro atoms. The molecule has 2 N–H and O–H groups in total. The summed E-state index contributed by atoms with van der Waals surface area (Å²) in [5.74, 6) is -0.480. The first-order chi connectivity index (χ1) is 7.75. The number of hydrogen-bond donors (Lipinski definition) is 2. The highest BCUT2D eigenvalue weighted by Crippen LogP contribution is 1.98. The molecule has 6 heteroatoms. The third-order valence-corrected chi connectivity index (χ3v) is 1.92. The summed E-state index contributed by atoms with van der Waals surface area (Å²) in [7, 11) is 0. The summed E-state index contributed by atoms with van der Waals surface area (Å²) in [6, 6.07) is 4.06. The van der Waals surface area contributed by atoms with Crippen molar-refractivity contribution in [2.75, 3.05) is 0 Å². The monoisotopic (exact) mass is 220 g/mol. The van der Waals surface area contributed by atoms with Gasteiger partial charge in [-0.05, 0) is 12.1 Å². The fraction of sp³-hybridized carbons (Fsp3) is 0.100. The van der Waals surface area contributed by atoms with Crippen LogP contribution < -0.4 is 5.32 Å². The highest BCUT2D eigenvalue weighted by atomic mass is 19.1. The molecular formula is C10H9FN4O. The molecular weight excluding hydrogens is 211 g/mol. The largest absolute Gasteiger partial charge is 0.347 e. The van der Waals surface area contributed by atoms with Crippen LogP contribution in [0.2, 0.25) is 0 Å². The minimum atomic E-state index is -0.675. The highest BCUT2D eigenvalue weighted by molar-refractivity contribution is 5.92. The Labute approximate surface area is 90.7 Å². The SMILES string of the molecule is O=C(NCc1ncc[nH]1)c1cccc(F)n1. The maximum absolute atomic E-state index is 12.7. The lowest BCUT2D eigenvalue weighted by Crippen LogP contribution is -2.24. The fourth-order valence-corrected chi connectivity index (χ4v) is 1.18. The summed E-state index contributed by atoms with van der Waals surface area (Å²) in [6.45, 7) is 0.254. The Morgan fingerprint density at radius 3 is 3.06 bits per heavy atom. The third-order valence-electron chi connectivity index (χ3n) is 1.92. The van der Waals surface area contributed by atoms with Crippen molar-refractivity contribution in [3.63, 3.8) is 0 Å². The lowest BCUT2D eigenvalue weighted by molar-refractivity contribution is 0.0944. The molecule has 0 unspecified atom stereocenters. The van der Waals surface area contributed by atoms with E-state index >= 15 is 0 Å². The van der Waals surface area contributed by atoms with Gasteiger partial charge >= 0.3 is 0 Å². The van der Waals surface area contributed by atoms with Crippen molar-refractivity contribution in [3.05, 3.63) is 48.1 Å². The number of aromatic nitrogens is 3. The van der Waals surface area contributed by atoms with E-state index in [1.807, 2.05) is 0 Å². The summed E-state index contributed by atoms with van der Waals surface area (Å²) < 4.78 is 12.7. The zero-order valence-electron chi connectivity index (χ0n) is 8.27. The van der Waals surface area contributed by atoms with Gasteiger partial charge in [0.15, 0.2) is 0 Å². The summed E-state index contributed by atoms with van der Waals surface area (Å²) >= 11 is 0. The molecule has 2 rings (SSSR count). The number of carbonyl (C=O) groups is 1. The van der Waals surface area contributed by atoms with E-state index in [2.05, 4.69) is 20.3 Å². The molecule has 16 heavy (non-hydrogen) atoms. The molecule has 0 aliphatic carbocycles. The fourth-order valence-electron chi connectivity index (χ4n) is 1.18. The van der Waals surface area contributed by atoms with E-state index in [0.29, 0.717) is 5.82 Å². The molecule has 0 aromatic carbocycles. The van der Waals surface area contributed by atoms with Crippen LogP contribution in [-0.2, 0) is 6.54 Å². The molecule has 1 amide bonds. The minimum Gasteiger partial charge on any atom is -0.347 e. The molecule has 2 aromatic heterocycles. The number of amides is 1. The van der Waals surface area contributed by atoms with Gasteiger partial charge in [0.2, 0.25) is 5.95 Å². The molecule has 2 aromatic rings. The number of imidazole rings is 1. The highest BCUT2D eigenvalue weighted by Gasteiger charge is 2.07. The number of nitrogens with zero attached hydrogens (tertiary/aromatic N) is 2. The van der Waals surface area contributed by atoms with Crippen molar-refractivity contribution >= 4 is 5.91 Å². The van der Waals surface area contributed by atoms with E-state index < -0.39 is 11.9 Å². The Hall–Kier alpha value is -2.24. The van der Waals surface area contributed by atoms with E-state index in [-0.39, 0.29) is 12.2 Å². The Morgan fingerprint density at radius 1 is 1.50 bits per heavy atom. The molecule has 0 radical (unpaired) electrons. The van der Waals surface area contributed by atoms with Gasteiger partial charge in [0.25, 0.3) is 5.91 Å². The summed E-state index contributed by atoms with van der Waals surface area (Å²) in [5.41, 5.74) is 0.0477. The van der Waals surface area contributed by atoms with Gasteiger partial charge in [-0.3, -0.25) is 4.79 Å². The molecule has 0 aliphatic rings. The maximum Gasteiger partial charge on any atom is 0.270 e. The summed E-state index contributed by atoms with van der Waals surface area (Å²) in [5, 5.41) is 2.57. The minimum absolute atomic E-state index is 0.0477. The molecule has 0 bridgehead atoms. The molecule has 0 aliphatic heterocycles. The van der Waals surface area contributed by atoms with E-state index in [4.69, 9.17) is 0 Å². The maximum atomic E-state index is 12.7. The van der Waals surface area contributed by atoms with Crippen molar-refractivity contribution in [1.82, 2.24) is 20.3 Å². The number of aromatic amines is 1. The van der Waals surface area contributed by atoms with Crippen LogP contribution in [0.15, 0.2) is 30.6 Å². The van der Waals surface area contributed by atoms with Gasteiger partial charge in [0, 0.05) is 12.4 Å². The molecule has 82 valence electrons. The van der Waals surface area contributed by atoms with Gasteiger partial charge in [-0.25, -0.2) is 9.97 Å². The predicted octanol–water partition coefficient (Wildman–Crippen LogP) is 0.874. The van der Waals surface area contributed by atoms with Crippen molar-refractivity contribution in [2.45, 2.75) is 6.54 Å². The van der Waals surface area contributed by atoms with E-state index in [9.17, 15) is 9.18 Å². The molecule has 0 fully saturated rings. The predicted molar refractivity (Wildman–Crippen MR) is 54.0 cm³/mol. The summed E-state index contributed by atoms with van der Waals surface area (Å²) in [6.07, 6.45) is 3.24. The van der Waals surface area contributed by atoms with Gasteiger partial charge in [-0.1, -0.05) is 6.07 Å². The van der Waals surface area contributed by atoms with Crippen molar-refractivity contribution in [3.8, 4) is 0 Å². The molecule has 0 saturated carbocycles. The molecule has 0 saturated heterocycles. The van der Waals surface area contributed by atoms with E-state index in [0.717, 1.165) is 0 Å². The zero-order chi connectivity index (χ0) is 11.4. The number of hydrogen-bond acceptors (Lipinski definition) is 3. The third kappa shape index (κ3) is 2.41. The number of carbonyl (C=O) groups excluding carboxylic acids is 1. The van der Waals surface area contributed by atoms with Crippen LogP contribution in [0.25, 0.3) is 0 Å². The topological polar surface area (TPSA) is 70.7 Å². The first kappa shape index (κ1) is 10.3. The molecule has 0 atom stereocenters. The van der Waals surface area contributed by atoms with Crippen LogP contribution in [0, 0.1) is 5.95 Å². The lowest BCUT2D eigenvalue weighted by Gasteiger charge is -2.02. The van der Waals surface area contributed by atoms with Gasteiger partial charge in [-0.2, -0.15) is 4.39 Å². The molecule has 5 nitrogen and oxygen atoms in total. The van der Waals surface area contributed by atoms with Crippen molar-refractivity contribution in [2.24, 2.45) is 0 Å². The second-order valence-electron chi connectivity index (χ2n) is 3.06. The second kappa shape index (κ2) is 4.52. The Balaban J connectivity index is 1.98. The van der Waals surface area contributed by atoms with Crippen LogP contribution in [0.4, 0.5) is 4.39 Å². The second-order valence-corrected chi connectivity index (χ2v) is 3.06. The van der Waals surface area contributed by atoms with E-state index in [1.54, 1.807) is 12.4 Å². The van der Waals surface area contributed by atoms with Gasteiger partial charge < -0.3 is 10.3 Å². The average molecular weight is 220 g/mol. The quantitative estimate of drug-likeness (QED) is 0.754. The van der Waals surface area contributed by atoms with Crippen LogP contribution in [0.5, 0.6) is 0 Å². The average Bonchev–Trinajstić information content (AvgIpc) is 2.78. The smallest absolute Gasteiger partial charge is 0.270 e. The van der Waals surface area contributed by atoms with Crippen molar-refractivity contribution in [1.29, 1.82) is 0 Å². The number of rotatable bonds is 3. The number of H-pyrrole nitrogens is 1. The number of pyridine rings is 1. The van der Waals surface area contributed by atoms with Crippen LogP contribution in [0.3, 0.4) is 0 Å². The van der Waals surface area contributed by atoms with Gasteiger partial charge in [-0.15, -0.1) is 0 Å². The summed E-state index contributed by atoms with van der Waals surface area (Å²) in [4.78, 5) is 21.7. The van der Waals surface area contributed by atoms with Crippen LogP contribution in [0.1, 0.15) is 16.3 Å². The standard InChI is InChI=1S/C10H9FN4O/c11-8-3-1-2-7(15-8)10(16)14-6-9-12-4-5-13-9/h1-5H,6H2,(H,12,13)(H,14,16). The lowest BCUT2D eigenvalue weighted by atomic mass is 10.3. The van der Waals surface area contributed by atoms with Crippen LogP contribution in [-0.4, -0.2) is 20.9 Å². The van der Waals surface area contributed by atoms with E-state index in [1.165, 1.54) is 18.2 Å². The van der Waals surface area contributed by atoms with Crippen LogP contribution >= 0.6 is 0 Å². The first-order valence-electron chi connectivity index (χ1n) is 4.65. The Kier molecular flexibility index (Phi) is 2.90. The normalized spacial score (nSPS) is 10.1. The number of halogens is 1.